The van der Waals surface area contributed by atoms with Crippen molar-refractivity contribution < 1.29 is 9.59 Å². The van der Waals surface area contributed by atoms with E-state index in [0.717, 1.165) is 64.6 Å². The van der Waals surface area contributed by atoms with Crippen molar-refractivity contribution in [1.82, 2.24) is 15.1 Å². The Labute approximate surface area is 152 Å². The van der Waals surface area contributed by atoms with E-state index in [1.807, 2.05) is 4.90 Å². The van der Waals surface area contributed by atoms with Crippen molar-refractivity contribution in [3.05, 3.63) is 0 Å². The zero-order valence-electron chi connectivity index (χ0n) is 15.8. The monoisotopic (exact) mass is 349 g/mol. The first kappa shape index (κ1) is 18.5. The summed E-state index contributed by atoms with van der Waals surface area (Å²) < 4.78 is 0. The molecule has 1 N–H and O–H groups in total. The van der Waals surface area contributed by atoms with Crippen LogP contribution < -0.4 is 5.32 Å². The predicted octanol–water partition coefficient (Wildman–Crippen LogP) is 3.53. The molecule has 142 valence electrons. The van der Waals surface area contributed by atoms with Crippen LogP contribution >= 0.6 is 0 Å². The van der Waals surface area contributed by atoms with E-state index in [0.29, 0.717) is 18.0 Å². The highest BCUT2D eigenvalue weighted by atomic mass is 16.2. The van der Waals surface area contributed by atoms with Gasteiger partial charge in [-0.3, -0.25) is 4.79 Å². The Morgan fingerprint density at radius 2 is 1.56 bits per heavy atom. The smallest absolute Gasteiger partial charge is 0.317 e. The van der Waals surface area contributed by atoms with Crippen molar-refractivity contribution in [2.45, 2.75) is 89.6 Å². The lowest BCUT2D eigenvalue weighted by atomic mass is 9.92. The summed E-state index contributed by atoms with van der Waals surface area (Å²) in [6.45, 7) is 4.56. The maximum Gasteiger partial charge on any atom is 0.317 e. The van der Waals surface area contributed by atoms with Crippen molar-refractivity contribution in [3.8, 4) is 0 Å². The van der Waals surface area contributed by atoms with Crippen molar-refractivity contribution >= 4 is 11.9 Å². The number of hydrogen-bond donors (Lipinski definition) is 1. The number of carbonyl (C=O) groups is 2. The summed E-state index contributed by atoms with van der Waals surface area (Å²) in [5.74, 6) is 0.463. The maximum absolute atomic E-state index is 12.9. The van der Waals surface area contributed by atoms with Gasteiger partial charge in [0.25, 0.3) is 0 Å². The second-order valence-electron chi connectivity index (χ2n) is 8.14. The molecule has 0 bridgehead atoms. The molecule has 0 radical (unpaired) electrons. The Kier molecular flexibility index (Phi) is 6.60. The highest BCUT2D eigenvalue weighted by molar-refractivity contribution is 5.80. The summed E-state index contributed by atoms with van der Waals surface area (Å²) in [4.78, 5) is 29.5. The lowest BCUT2D eigenvalue weighted by Crippen LogP contribution is -2.51. The van der Waals surface area contributed by atoms with E-state index in [2.05, 4.69) is 17.1 Å². The Bertz CT molecular complexity index is 454. The van der Waals surface area contributed by atoms with Gasteiger partial charge in [0.15, 0.2) is 0 Å². The Morgan fingerprint density at radius 3 is 2.24 bits per heavy atom. The molecule has 0 aromatic heterocycles. The molecule has 3 rings (SSSR count). The van der Waals surface area contributed by atoms with Crippen molar-refractivity contribution in [3.63, 3.8) is 0 Å². The standard InChI is InChI=1S/C20H35N3O2/c1-2-18-10-6-7-13-23(18)19(24)16-11-14-22(15-12-16)20(25)21-17-8-4-3-5-9-17/h16-18H,2-15H2,1H3,(H,21,25). The molecule has 5 heteroatoms. The van der Waals surface area contributed by atoms with E-state index in [-0.39, 0.29) is 11.9 Å². The van der Waals surface area contributed by atoms with Crippen LogP contribution in [0.5, 0.6) is 0 Å². The highest BCUT2D eigenvalue weighted by Gasteiger charge is 2.34. The topological polar surface area (TPSA) is 52.7 Å². The van der Waals surface area contributed by atoms with Crippen LogP contribution in [0.4, 0.5) is 4.79 Å². The highest BCUT2D eigenvalue weighted by Crippen LogP contribution is 2.26. The second-order valence-corrected chi connectivity index (χ2v) is 8.14. The quantitative estimate of drug-likeness (QED) is 0.847. The third-order valence-corrected chi connectivity index (χ3v) is 6.45. The van der Waals surface area contributed by atoms with Crippen molar-refractivity contribution in [2.24, 2.45) is 5.92 Å². The summed E-state index contributed by atoms with van der Waals surface area (Å²) in [7, 11) is 0. The number of rotatable bonds is 3. The molecule has 2 saturated heterocycles. The van der Waals surface area contributed by atoms with E-state index >= 15 is 0 Å². The van der Waals surface area contributed by atoms with Gasteiger partial charge in [-0.1, -0.05) is 26.2 Å². The van der Waals surface area contributed by atoms with Crippen molar-refractivity contribution in [2.75, 3.05) is 19.6 Å². The van der Waals surface area contributed by atoms with Crippen LogP contribution in [-0.2, 0) is 4.79 Å². The van der Waals surface area contributed by atoms with Gasteiger partial charge in [-0.15, -0.1) is 0 Å². The molecule has 25 heavy (non-hydrogen) atoms. The van der Waals surface area contributed by atoms with Crippen LogP contribution in [0.15, 0.2) is 0 Å². The van der Waals surface area contributed by atoms with Crippen LogP contribution in [0.2, 0.25) is 0 Å². The number of piperidine rings is 2. The fraction of sp³-hybridized carbons (Fsp3) is 0.900. The van der Waals surface area contributed by atoms with Gasteiger partial charge in [0.1, 0.15) is 0 Å². The predicted molar refractivity (Wildman–Crippen MR) is 99.3 cm³/mol. The second kappa shape index (κ2) is 8.91. The van der Waals surface area contributed by atoms with Gasteiger partial charge in [-0.2, -0.15) is 0 Å². The minimum atomic E-state index is 0.0854. The number of nitrogens with zero attached hydrogens (tertiary/aromatic N) is 2. The summed E-state index contributed by atoms with van der Waals surface area (Å²) in [6.07, 6.45) is 12.3. The van der Waals surface area contributed by atoms with Crippen LogP contribution in [0.25, 0.3) is 0 Å². The zero-order chi connectivity index (χ0) is 17.6. The normalized spacial score (nSPS) is 26.5. The van der Waals surface area contributed by atoms with Gasteiger partial charge in [-0.25, -0.2) is 4.79 Å². The molecule has 0 spiro atoms. The number of likely N-dealkylation sites (tertiary alicyclic amines) is 2. The van der Waals surface area contributed by atoms with Gasteiger partial charge >= 0.3 is 6.03 Å². The molecular weight excluding hydrogens is 314 g/mol. The number of urea groups is 1. The SMILES string of the molecule is CCC1CCCCN1C(=O)C1CCN(C(=O)NC2CCCCC2)CC1. The minimum absolute atomic E-state index is 0.0854. The molecule has 1 saturated carbocycles. The Balaban J connectivity index is 1.46. The molecule has 0 aromatic carbocycles. The largest absolute Gasteiger partial charge is 0.339 e. The fourth-order valence-electron chi connectivity index (χ4n) is 4.79. The number of carbonyl (C=O) groups excluding carboxylic acids is 2. The minimum Gasteiger partial charge on any atom is -0.339 e. The first-order chi connectivity index (χ1) is 12.2. The Morgan fingerprint density at radius 1 is 0.880 bits per heavy atom. The van der Waals surface area contributed by atoms with Gasteiger partial charge in [-0.05, 0) is 51.4 Å². The number of nitrogens with one attached hydrogen (secondary N) is 1. The Hall–Kier alpha value is -1.26. The van der Waals surface area contributed by atoms with Gasteiger partial charge in [0.2, 0.25) is 5.91 Å². The summed E-state index contributed by atoms with van der Waals surface area (Å²) in [5.41, 5.74) is 0. The first-order valence-electron chi connectivity index (χ1n) is 10.5. The molecule has 1 atom stereocenters. The molecule has 1 aliphatic carbocycles. The first-order valence-corrected chi connectivity index (χ1v) is 10.5. The molecule has 2 aliphatic heterocycles. The molecule has 0 aromatic rings. The zero-order valence-corrected chi connectivity index (χ0v) is 15.8. The summed E-state index contributed by atoms with van der Waals surface area (Å²) in [5, 5.41) is 3.20. The number of hydrogen-bond acceptors (Lipinski definition) is 2. The average Bonchev–Trinajstić information content (AvgIpc) is 2.68. The van der Waals surface area contributed by atoms with E-state index in [4.69, 9.17) is 0 Å². The molecule has 2 heterocycles. The van der Waals surface area contributed by atoms with Crippen LogP contribution in [0.3, 0.4) is 0 Å². The van der Waals surface area contributed by atoms with Crippen LogP contribution in [0.1, 0.15) is 77.6 Å². The van der Waals surface area contributed by atoms with E-state index in [9.17, 15) is 9.59 Å². The van der Waals surface area contributed by atoms with Crippen LogP contribution in [-0.4, -0.2) is 53.5 Å². The maximum atomic E-state index is 12.9. The number of amides is 3. The lowest BCUT2D eigenvalue weighted by molar-refractivity contribution is -0.140. The van der Waals surface area contributed by atoms with Crippen molar-refractivity contribution in [1.29, 1.82) is 0 Å². The molecule has 3 amide bonds. The van der Waals surface area contributed by atoms with E-state index in [1.54, 1.807) is 0 Å². The third-order valence-electron chi connectivity index (χ3n) is 6.45. The van der Waals surface area contributed by atoms with Gasteiger partial charge in [0.05, 0.1) is 0 Å². The van der Waals surface area contributed by atoms with Gasteiger partial charge in [0, 0.05) is 37.6 Å². The molecule has 1 unspecified atom stereocenters. The lowest BCUT2D eigenvalue weighted by Gasteiger charge is -2.40. The fourth-order valence-corrected chi connectivity index (χ4v) is 4.79. The van der Waals surface area contributed by atoms with Crippen LogP contribution in [0, 0.1) is 5.92 Å². The molecule has 3 fully saturated rings. The molecule has 5 nitrogen and oxygen atoms in total. The van der Waals surface area contributed by atoms with E-state index < -0.39 is 0 Å². The third kappa shape index (κ3) is 4.68. The van der Waals surface area contributed by atoms with Gasteiger partial charge < -0.3 is 15.1 Å². The average molecular weight is 350 g/mol. The molecular formula is C20H35N3O2. The summed E-state index contributed by atoms with van der Waals surface area (Å²) in [6, 6.07) is 0.885. The summed E-state index contributed by atoms with van der Waals surface area (Å²) >= 11 is 0. The van der Waals surface area contributed by atoms with E-state index in [1.165, 1.54) is 25.7 Å². The molecule has 3 aliphatic rings.